The van der Waals surface area contributed by atoms with E-state index in [9.17, 15) is 32.3 Å². The maximum absolute atomic E-state index is 14.1. The predicted molar refractivity (Wildman–Crippen MR) is 121 cm³/mol. The SMILES string of the molecule is Cc1cc(F)c(F)c(OCC(=O)[C@H](CC(=O)O)NC(=O)C2CCN(C(=O)c3ccccc3)CC2)c1F. The Kier molecular flexibility index (Phi) is 8.68. The van der Waals surface area contributed by atoms with Crippen LogP contribution in [0.1, 0.15) is 35.2 Å². The van der Waals surface area contributed by atoms with E-state index in [2.05, 4.69) is 5.32 Å². The Balaban J connectivity index is 1.59. The first-order chi connectivity index (χ1) is 17.1. The number of ether oxygens (including phenoxy) is 1. The summed E-state index contributed by atoms with van der Waals surface area (Å²) >= 11 is 0. The van der Waals surface area contributed by atoms with Gasteiger partial charge in [-0.15, -0.1) is 0 Å². The van der Waals surface area contributed by atoms with Crippen LogP contribution in [0.3, 0.4) is 0 Å². The summed E-state index contributed by atoms with van der Waals surface area (Å²) in [4.78, 5) is 50.7. The van der Waals surface area contributed by atoms with E-state index in [0.717, 1.165) is 0 Å². The van der Waals surface area contributed by atoms with Crippen LogP contribution in [0.25, 0.3) is 0 Å². The van der Waals surface area contributed by atoms with Gasteiger partial charge in [0, 0.05) is 24.6 Å². The molecule has 2 N–H and O–H groups in total. The van der Waals surface area contributed by atoms with Gasteiger partial charge in [-0.3, -0.25) is 19.2 Å². The number of ketones is 1. The van der Waals surface area contributed by atoms with Crippen LogP contribution < -0.4 is 10.1 Å². The predicted octanol–water partition coefficient (Wildman–Crippen LogP) is 2.87. The number of carboxylic acids is 1. The number of rotatable bonds is 9. The minimum absolute atomic E-state index is 0.169. The average Bonchev–Trinajstić information content (AvgIpc) is 2.86. The molecule has 0 saturated carbocycles. The van der Waals surface area contributed by atoms with Crippen molar-refractivity contribution >= 4 is 23.6 Å². The highest BCUT2D eigenvalue weighted by Crippen LogP contribution is 2.27. The molecule has 1 aliphatic rings. The summed E-state index contributed by atoms with van der Waals surface area (Å²) in [6.45, 7) is 0.783. The van der Waals surface area contributed by atoms with Crippen molar-refractivity contribution in [2.75, 3.05) is 19.7 Å². The van der Waals surface area contributed by atoms with E-state index in [1.807, 2.05) is 0 Å². The Morgan fingerprint density at radius 1 is 1.08 bits per heavy atom. The fourth-order valence-electron chi connectivity index (χ4n) is 3.89. The molecule has 3 rings (SSSR count). The zero-order chi connectivity index (χ0) is 26.4. The first-order valence-corrected chi connectivity index (χ1v) is 11.2. The topological polar surface area (TPSA) is 113 Å². The Labute approximate surface area is 205 Å². The van der Waals surface area contributed by atoms with E-state index in [4.69, 9.17) is 9.84 Å². The summed E-state index contributed by atoms with van der Waals surface area (Å²) in [7, 11) is 0. The van der Waals surface area contributed by atoms with Crippen molar-refractivity contribution in [2.45, 2.75) is 32.2 Å². The van der Waals surface area contributed by atoms with Gasteiger partial charge in [-0.1, -0.05) is 18.2 Å². The molecule has 2 aromatic carbocycles. The van der Waals surface area contributed by atoms with Gasteiger partial charge in [-0.05, 0) is 43.5 Å². The molecule has 1 saturated heterocycles. The van der Waals surface area contributed by atoms with Gasteiger partial charge in [-0.25, -0.2) is 8.78 Å². The van der Waals surface area contributed by atoms with Gasteiger partial charge >= 0.3 is 5.97 Å². The molecule has 36 heavy (non-hydrogen) atoms. The van der Waals surface area contributed by atoms with Crippen LogP contribution in [0.2, 0.25) is 0 Å². The Morgan fingerprint density at radius 3 is 2.33 bits per heavy atom. The first kappa shape index (κ1) is 26.7. The lowest BCUT2D eigenvalue weighted by atomic mass is 9.94. The molecule has 0 radical (unpaired) electrons. The summed E-state index contributed by atoms with van der Waals surface area (Å²) in [6.07, 6.45) is -0.186. The lowest BCUT2D eigenvalue weighted by Gasteiger charge is -2.32. The van der Waals surface area contributed by atoms with Gasteiger partial charge in [-0.2, -0.15) is 4.39 Å². The van der Waals surface area contributed by atoms with Gasteiger partial charge in [0.1, 0.15) is 12.6 Å². The lowest BCUT2D eigenvalue weighted by molar-refractivity contribution is -0.141. The Morgan fingerprint density at radius 2 is 1.72 bits per heavy atom. The number of carboxylic acid groups (broad SMARTS) is 1. The Bertz CT molecular complexity index is 1120. The smallest absolute Gasteiger partial charge is 0.305 e. The van der Waals surface area contributed by atoms with Crippen LogP contribution in [0, 0.1) is 30.3 Å². The molecular weight excluding hydrogens is 481 g/mol. The maximum Gasteiger partial charge on any atom is 0.305 e. The van der Waals surface area contributed by atoms with Crippen molar-refractivity contribution in [1.29, 1.82) is 0 Å². The zero-order valence-corrected chi connectivity index (χ0v) is 19.4. The zero-order valence-electron chi connectivity index (χ0n) is 19.4. The van der Waals surface area contributed by atoms with E-state index in [1.165, 1.54) is 6.92 Å². The lowest BCUT2D eigenvalue weighted by Crippen LogP contribution is -2.49. The number of aryl methyl sites for hydroxylation is 1. The number of carbonyl (C=O) groups is 4. The van der Waals surface area contributed by atoms with E-state index < -0.39 is 65.8 Å². The monoisotopic (exact) mass is 506 g/mol. The highest BCUT2D eigenvalue weighted by molar-refractivity contribution is 5.95. The van der Waals surface area contributed by atoms with Gasteiger partial charge in [0.25, 0.3) is 5.91 Å². The number of benzene rings is 2. The summed E-state index contributed by atoms with van der Waals surface area (Å²) in [5.74, 6) is -8.97. The molecule has 1 atom stereocenters. The van der Waals surface area contributed by atoms with Gasteiger partial charge in [0.15, 0.2) is 23.2 Å². The van der Waals surface area contributed by atoms with Crippen LogP contribution in [0.4, 0.5) is 13.2 Å². The minimum atomic E-state index is -1.62. The molecular formula is C25H25F3N2O6. The quantitative estimate of drug-likeness (QED) is 0.506. The number of hydrogen-bond donors (Lipinski definition) is 2. The third-order valence-corrected chi connectivity index (χ3v) is 5.91. The number of carbonyl (C=O) groups excluding carboxylic acids is 3. The van der Waals surface area contributed by atoms with Crippen molar-refractivity contribution in [3.8, 4) is 5.75 Å². The fraction of sp³-hybridized carbons (Fsp3) is 0.360. The summed E-state index contributed by atoms with van der Waals surface area (Å²) < 4.78 is 46.4. The molecule has 0 aromatic heterocycles. The second-order valence-corrected chi connectivity index (χ2v) is 8.48. The number of hydrogen-bond acceptors (Lipinski definition) is 5. The number of amides is 2. The van der Waals surface area contributed by atoms with E-state index in [1.54, 1.807) is 35.2 Å². The highest BCUT2D eigenvalue weighted by Gasteiger charge is 2.32. The molecule has 0 aliphatic carbocycles. The Hall–Kier alpha value is -3.89. The van der Waals surface area contributed by atoms with Crippen molar-refractivity contribution in [3.63, 3.8) is 0 Å². The van der Waals surface area contributed by atoms with Crippen LogP contribution in [0.5, 0.6) is 5.75 Å². The second kappa shape index (κ2) is 11.7. The van der Waals surface area contributed by atoms with Gasteiger partial charge < -0.3 is 20.1 Å². The molecule has 2 amide bonds. The molecule has 8 nitrogen and oxygen atoms in total. The third kappa shape index (κ3) is 6.41. The number of piperidine rings is 1. The minimum Gasteiger partial charge on any atom is -0.481 e. The van der Waals surface area contributed by atoms with Crippen LogP contribution in [-0.2, 0) is 14.4 Å². The third-order valence-electron chi connectivity index (χ3n) is 5.91. The van der Waals surface area contributed by atoms with Crippen molar-refractivity contribution in [3.05, 3.63) is 65.0 Å². The largest absolute Gasteiger partial charge is 0.481 e. The molecule has 1 fully saturated rings. The van der Waals surface area contributed by atoms with Crippen LogP contribution >= 0.6 is 0 Å². The van der Waals surface area contributed by atoms with Crippen molar-refractivity contribution in [2.24, 2.45) is 5.92 Å². The van der Waals surface area contributed by atoms with E-state index >= 15 is 0 Å². The second-order valence-electron chi connectivity index (χ2n) is 8.48. The molecule has 2 aromatic rings. The van der Waals surface area contributed by atoms with Gasteiger partial charge in [0.05, 0.1) is 6.42 Å². The number of aliphatic carboxylic acids is 1. The fourth-order valence-corrected chi connectivity index (χ4v) is 3.89. The number of halogens is 3. The number of Topliss-reactive ketones (excluding diaryl/α,β-unsaturated/α-hetero) is 1. The molecule has 1 heterocycles. The molecule has 0 bridgehead atoms. The van der Waals surface area contributed by atoms with Crippen molar-refractivity contribution < 1.29 is 42.2 Å². The van der Waals surface area contributed by atoms with E-state index in [-0.39, 0.29) is 11.5 Å². The summed E-state index contributed by atoms with van der Waals surface area (Å²) in [5, 5.41) is 11.5. The maximum atomic E-state index is 14.1. The van der Waals surface area contributed by atoms with Crippen LogP contribution in [0.15, 0.2) is 36.4 Å². The van der Waals surface area contributed by atoms with Crippen LogP contribution in [-0.4, -0.2) is 59.3 Å². The summed E-state index contributed by atoms with van der Waals surface area (Å²) in [6, 6.07) is 7.76. The first-order valence-electron chi connectivity index (χ1n) is 11.2. The highest BCUT2D eigenvalue weighted by atomic mass is 19.2. The average molecular weight is 506 g/mol. The molecule has 0 spiro atoms. The molecule has 1 aliphatic heterocycles. The van der Waals surface area contributed by atoms with Gasteiger partial charge in [0.2, 0.25) is 11.7 Å². The normalized spacial score (nSPS) is 14.7. The van der Waals surface area contributed by atoms with Crippen molar-refractivity contribution in [1.82, 2.24) is 10.2 Å². The molecule has 0 unspecified atom stereocenters. The summed E-state index contributed by atoms with van der Waals surface area (Å²) in [5.41, 5.74) is 0.276. The standard InChI is InChI=1S/C25H25F3N2O6/c1-14-11-17(26)22(28)23(21(14)27)36-13-19(31)18(12-20(32)33)29-24(34)15-7-9-30(10-8-15)25(35)16-5-3-2-4-6-16/h2-6,11,15,18H,7-10,12-13H2,1H3,(H,29,34)(H,32,33)/t18-/m0/s1. The van der Waals surface area contributed by atoms with E-state index in [0.29, 0.717) is 37.6 Å². The number of nitrogens with one attached hydrogen (secondary N) is 1. The molecule has 11 heteroatoms. The molecule has 192 valence electrons. The number of nitrogens with zero attached hydrogens (tertiary/aromatic N) is 1. The number of likely N-dealkylation sites (tertiary alicyclic amines) is 1.